The zero-order valence-corrected chi connectivity index (χ0v) is 7.36. The van der Waals surface area contributed by atoms with Crippen molar-refractivity contribution in [3.8, 4) is 11.6 Å². The van der Waals surface area contributed by atoms with Crippen LogP contribution in [0.2, 0.25) is 0 Å². The van der Waals surface area contributed by atoms with Crippen molar-refractivity contribution in [2.24, 2.45) is 0 Å². The van der Waals surface area contributed by atoms with Gasteiger partial charge in [0.1, 0.15) is 6.33 Å². The van der Waals surface area contributed by atoms with E-state index in [9.17, 15) is 0 Å². The molecule has 0 amide bonds. The van der Waals surface area contributed by atoms with Crippen molar-refractivity contribution >= 4 is 11.6 Å². The molecule has 2 heterocycles. The van der Waals surface area contributed by atoms with Gasteiger partial charge in [0, 0.05) is 6.20 Å². The predicted molar refractivity (Wildman–Crippen MR) is 47.0 cm³/mol. The zero-order chi connectivity index (χ0) is 9.10. The van der Waals surface area contributed by atoms with Gasteiger partial charge in [0.25, 0.3) is 0 Å². The maximum atomic E-state index is 5.62. The summed E-state index contributed by atoms with van der Waals surface area (Å²) in [6.07, 6.45) is 3.05. The van der Waals surface area contributed by atoms with Gasteiger partial charge in [-0.15, -0.1) is 11.6 Å². The smallest absolute Gasteiger partial charge is 0.197 e. The van der Waals surface area contributed by atoms with Gasteiger partial charge in [0.05, 0.1) is 11.6 Å². The number of aromatic nitrogens is 5. The number of hydrogen-bond donors (Lipinski definition) is 1. The Bertz CT molecular complexity index is 386. The predicted octanol–water partition coefficient (Wildman–Crippen LogP) is 1.00. The first kappa shape index (κ1) is 8.12. The highest BCUT2D eigenvalue weighted by Gasteiger charge is 2.03. The molecule has 0 aromatic carbocycles. The minimum absolute atomic E-state index is 0.365. The quantitative estimate of drug-likeness (QED) is 0.726. The Morgan fingerprint density at radius 2 is 2.31 bits per heavy atom. The third kappa shape index (κ3) is 1.65. The fourth-order valence-electron chi connectivity index (χ4n) is 0.898. The minimum atomic E-state index is 0.365. The van der Waals surface area contributed by atoms with Crippen LogP contribution >= 0.6 is 11.6 Å². The molecule has 0 aliphatic carbocycles. The molecule has 0 atom stereocenters. The molecule has 2 aromatic rings. The molecule has 5 nitrogen and oxygen atoms in total. The second-order valence-corrected chi connectivity index (χ2v) is 2.61. The van der Waals surface area contributed by atoms with Gasteiger partial charge in [0.2, 0.25) is 0 Å². The van der Waals surface area contributed by atoms with E-state index >= 15 is 0 Å². The number of hydrogen-bond acceptors (Lipinski definition) is 4. The summed E-state index contributed by atoms with van der Waals surface area (Å²) in [6, 6.07) is 1.76. The molecule has 2 rings (SSSR count). The van der Waals surface area contributed by atoms with E-state index in [0.717, 1.165) is 5.69 Å². The van der Waals surface area contributed by atoms with Crippen LogP contribution in [0, 0.1) is 0 Å². The van der Waals surface area contributed by atoms with Crippen LogP contribution in [-0.4, -0.2) is 25.1 Å². The lowest BCUT2D eigenvalue weighted by Gasteiger charge is -1.96. The van der Waals surface area contributed by atoms with Gasteiger partial charge in [-0.1, -0.05) is 0 Å². The summed E-state index contributed by atoms with van der Waals surface area (Å²) < 4.78 is 0. The van der Waals surface area contributed by atoms with E-state index in [1.54, 1.807) is 12.3 Å². The third-order valence-corrected chi connectivity index (χ3v) is 1.75. The summed E-state index contributed by atoms with van der Waals surface area (Å²) >= 11 is 5.62. The van der Waals surface area contributed by atoms with Crippen molar-refractivity contribution in [1.82, 2.24) is 25.1 Å². The Morgan fingerprint density at radius 1 is 1.38 bits per heavy atom. The Labute approximate surface area is 79.2 Å². The highest BCUT2D eigenvalue weighted by atomic mass is 35.5. The number of rotatable bonds is 2. The molecular formula is C7H6ClN5. The van der Waals surface area contributed by atoms with Crippen molar-refractivity contribution in [3.05, 3.63) is 24.3 Å². The number of nitrogens with zero attached hydrogens (tertiary/aromatic N) is 4. The van der Waals surface area contributed by atoms with E-state index < -0.39 is 0 Å². The van der Waals surface area contributed by atoms with Crippen LogP contribution in [0.1, 0.15) is 5.69 Å². The van der Waals surface area contributed by atoms with Crippen LogP contribution in [0.3, 0.4) is 0 Å². The molecule has 13 heavy (non-hydrogen) atoms. The largest absolute Gasteiger partial charge is 0.257 e. The van der Waals surface area contributed by atoms with Gasteiger partial charge in [-0.3, -0.25) is 5.10 Å². The summed E-state index contributed by atoms with van der Waals surface area (Å²) in [5, 5.41) is 6.38. The molecule has 66 valence electrons. The van der Waals surface area contributed by atoms with E-state index in [1.807, 2.05) is 0 Å². The molecule has 0 saturated heterocycles. The Morgan fingerprint density at radius 3 is 3.00 bits per heavy atom. The summed E-state index contributed by atoms with van der Waals surface area (Å²) in [5.41, 5.74) is 0.767. The molecule has 0 unspecified atom stereocenters. The molecule has 0 fully saturated rings. The number of nitrogens with one attached hydrogen (secondary N) is 1. The molecule has 0 aliphatic rings. The lowest BCUT2D eigenvalue weighted by atomic mass is 10.4. The number of alkyl halides is 1. The van der Waals surface area contributed by atoms with E-state index in [-0.39, 0.29) is 0 Å². The van der Waals surface area contributed by atoms with E-state index in [2.05, 4.69) is 25.1 Å². The van der Waals surface area contributed by atoms with Crippen molar-refractivity contribution in [3.63, 3.8) is 0 Å². The normalized spacial score (nSPS) is 10.2. The van der Waals surface area contributed by atoms with Crippen LogP contribution in [0.4, 0.5) is 0 Å². The van der Waals surface area contributed by atoms with Gasteiger partial charge < -0.3 is 0 Å². The lowest BCUT2D eigenvalue weighted by molar-refractivity contribution is 1.03. The fourth-order valence-corrected chi connectivity index (χ4v) is 1.05. The van der Waals surface area contributed by atoms with Crippen molar-refractivity contribution < 1.29 is 0 Å². The SMILES string of the molecule is ClCc1ccnc(-c2ncn[nH]2)n1. The van der Waals surface area contributed by atoms with Crippen LogP contribution < -0.4 is 0 Å². The van der Waals surface area contributed by atoms with Crippen LogP contribution in [0.5, 0.6) is 0 Å². The Balaban J connectivity index is 2.41. The van der Waals surface area contributed by atoms with Gasteiger partial charge in [-0.05, 0) is 6.07 Å². The van der Waals surface area contributed by atoms with Gasteiger partial charge in [0.15, 0.2) is 11.6 Å². The van der Waals surface area contributed by atoms with Gasteiger partial charge in [-0.2, -0.15) is 5.10 Å². The first-order valence-corrected chi connectivity index (χ1v) is 4.17. The molecule has 0 spiro atoms. The number of H-pyrrole nitrogens is 1. The van der Waals surface area contributed by atoms with Crippen LogP contribution in [0.25, 0.3) is 11.6 Å². The van der Waals surface area contributed by atoms with E-state index in [0.29, 0.717) is 17.5 Å². The average molecular weight is 196 g/mol. The van der Waals surface area contributed by atoms with Crippen molar-refractivity contribution in [2.45, 2.75) is 5.88 Å². The maximum absolute atomic E-state index is 5.62. The standard InChI is InChI=1S/C7H6ClN5/c8-3-5-1-2-9-6(12-5)7-10-4-11-13-7/h1-2,4H,3H2,(H,10,11,13). The summed E-state index contributed by atoms with van der Waals surface area (Å²) in [7, 11) is 0. The molecule has 0 radical (unpaired) electrons. The van der Waals surface area contributed by atoms with E-state index in [4.69, 9.17) is 11.6 Å². The second kappa shape index (κ2) is 3.49. The second-order valence-electron chi connectivity index (χ2n) is 2.34. The average Bonchev–Trinajstić information content (AvgIpc) is 2.71. The molecular weight excluding hydrogens is 190 g/mol. The third-order valence-electron chi connectivity index (χ3n) is 1.48. The minimum Gasteiger partial charge on any atom is -0.257 e. The monoisotopic (exact) mass is 195 g/mol. The number of aromatic amines is 1. The maximum Gasteiger partial charge on any atom is 0.197 e. The molecule has 0 saturated carbocycles. The summed E-state index contributed by atoms with van der Waals surface area (Å²) in [6.45, 7) is 0. The van der Waals surface area contributed by atoms with E-state index in [1.165, 1.54) is 6.33 Å². The zero-order valence-electron chi connectivity index (χ0n) is 6.61. The first-order valence-electron chi connectivity index (χ1n) is 3.64. The molecule has 0 bridgehead atoms. The highest BCUT2D eigenvalue weighted by Crippen LogP contribution is 2.07. The molecule has 6 heteroatoms. The first-order chi connectivity index (χ1) is 6.40. The highest BCUT2D eigenvalue weighted by molar-refractivity contribution is 6.16. The Kier molecular flexibility index (Phi) is 2.18. The number of halogens is 1. The Hall–Kier alpha value is -1.49. The van der Waals surface area contributed by atoms with Crippen LogP contribution in [-0.2, 0) is 5.88 Å². The summed E-state index contributed by atoms with van der Waals surface area (Å²) in [5.74, 6) is 1.42. The van der Waals surface area contributed by atoms with Gasteiger partial charge >= 0.3 is 0 Å². The topological polar surface area (TPSA) is 67.3 Å². The van der Waals surface area contributed by atoms with Gasteiger partial charge in [-0.25, -0.2) is 15.0 Å². The molecule has 1 N–H and O–H groups in total. The fraction of sp³-hybridized carbons (Fsp3) is 0.143. The van der Waals surface area contributed by atoms with Crippen LogP contribution in [0.15, 0.2) is 18.6 Å². The molecule has 0 aliphatic heterocycles. The molecule has 2 aromatic heterocycles. The lowest BCUT2D eigenvalue weighted by Crippen LogP contribution is -1.93. The van der Waals surface area contributed by atoms with Crippen molar-refractivity contribution in [2.75, 3.05) is 0 Å². The van der Waals surface area contributed by atoms with Crippen molar-refractivity contribution in [1.29, 1.82) is 0 Å². The summed E-state index contributed by atoms with van der Waals surface area (Å²) in [4.78, 5) is 12.1.